The minimum Gasteiger partial charge on any atom is -0.333 e. The highest BCUT2D eigenvalue weighted by atomic mass is 19.4. The molecule has 0 saturated carbocycles. The maximum Gasteiger partial charge on any atom is 0.418 e. The average molecular weight is 301 g/mol. The van der Waals surface area contributed by atoms with Crippen LogP contribution in [0, 0.1) is 0 Å². The SMILES string of the molecule is CC1(C)CCCN1C(=O)c1cccc(C(F)(F)F)c1NN. The largest absolute Gasteiger partial charge is 0.418 e. The zero-order valence-corrected chi connectivity index (χ0v) is 11.9. The number of nitrogens with one attached hydrogen (secondary N) is 1. The number of nitrogens with two attached hydrogens (primary N) is 1. The van der Waals surface area contributed by atoms with E-state index in [1.54, 1.807) is 4.90 Å². The number of carbonyl (C=O) groups is 1. The molecule has 1 heterocycles. The van der Waals surface area contributed by atoms with Crippen molar-refractivity contribution in [1.29, 1.82) is 0 Å². The summed E-state index contributed by atoms with van der Waals surface area (Å²) in [4.78, 5) is 14.2. The lowest BCUT2D eigenvalue weighted by molar-refractivity contribution is -0.137. The number of rotatable bonds is 2. The van der Waals surface area contributed by atoms with Crippen LogP contribution in [0.25, 0.3) is 0 Å². The Balaban J connectivity index is 2.47. The van der Waals surface area contributed by atoms with Crippen molar-refractivity contribution in [2.45, 2.75) is 38.4 Å². The quantitative estimate of drug-likeness (QED) is 0.652. The van der Waals surface area contributed by atoms with Gasteiger partial charge < -0.3 is 10.3 Å². The Morgan fingerprint density at radius 3 is 2.52 bits per heavy atom. The molecule has 7 heteroatoms. The number of nitrogen functional groups attached to an aromatic ring is 1. The first-order chi connectivity index (χ1) is 9.68. The van der Waals surface area contributed by atoms with Gasteiger partial charge in [0.2, 0.25) is 0 Å². The highest BCUT2D eigenvalue weighted by Gasteiger charge is 2.39. The number of hydrazine groups is 1. The van der Waals surface area contributed by atoms with E-state index in [2.05, 4.69) is 0 Å². The van der Waals surface area contributed by atoms with Gasteiger partial charge in [-0.25, -0.2) is 0 Å². The van der Waals surface area contributed by atoms with Crippen molar-refractivity contribution in [1.82, 2.24) is 4.90 Å². The van der Waals surface area contributed by atoms with Crippen LogP contribution in [0.2, 0.25) is 0 Å². The number of anilines is 1. The molecule has 116 valence electrons. The van der Waals surface area contributed by atoms with E-state index in [0.29, 0.717) is 6.54 Å². The molecule has 1 aliphatic rings. The normalized spacial score (nSPS) is 17.9. The standard InChI is InChI=1S/C14H18F3N3O/c1-13(2)7-4-8-20(13)12(21)9-5-3-6-10(11(9)19-18)14(15,16)17/h3,5-6,19H,4,7-8,18H2,1-2H3. The molecule has 1 amide bonds. The highest BCUT2D eigenvalue weighted by Crippen LogP contribution is 2.38. The van der Waals surface area contributed by atoms with Gasteiger partial charge in [-0.15, -0.1) is 0 Å². The van der Waals surface area contributed by atoms with E-state index in [0.717, 1.165) is 18.9 Å². The van der Waals surface area contributed by atoms with Crippen LogP contribution in [0.15, 0.2) is 18.2 Å². The van der Waals surface area contributed by atoms with Crippen molar-refractivity contribution in [3.05, 3.63) is 29.3 Å². The fourth-order valence-corrected chi connectivity index (χ4v) is 2.75. The third-order valence-corrected chi connectivity index (χ3v) is 3.89. The predicted octanol–water partition coefficient (Wildman–Crippen LogP) is 3.01. The third kappa shape index (κ3) is 2.83. The van der Waals surface area contributed by atoms with Gasteiger partial charge in [0.25, 0.3) is 5.91 Å². The maximum atomic E-state index is 13.0. The summed E-state index contributed by atoms with van der Waals surface area (Å²) in [5.74, 6) is 4.80. The molecule has 1 saturated heterocycles. The van der Waals surface area contributed by atoms with Gasteiger partial charge in [0.15, 0.2) is 0 Å². The fraction of sp³-hybridized carbons (Fsp3) is 0.500. The first kappa shape index (κ1) is 15.6. The summed E-state index contributed by atoms with van der Waals surface area (Å²) >= 11 is 0. The molecule has 2 rings (SSSR count). The number of halogens is 3. The van der Waals surface area contributed by atoms with E-state index in [1.165, 1.54) is 12.1 Å². The Labute approximate surface area is 121 Å². The first-order valence-electron chi connectivity index (χ1n) is 6.67. The van der Waals surface area contributed by atoms with Crippen molar-refractivity contribution in [2.24, 2.45) is 5.84 Å². The molecule has 1 aromatic carbocycles. The van der Waals surface area contributed by atoms with Crippen LogP contribution in [0.4, 0.5) is 18.9 Å². The average Bonchev–Trinajstić information content (AvgIpc) is 2.75. The summed E-state index contributed by atoms with van der Waals surface area (Å²) < 4.78 is 39.0. The number of carbonyl (C=O) groups excluding carboxylic acids is 1. The first-order valence-corrected chi connectivity index (χ1v) is 6.67. The Hall–Kier alpha value is -1.76. The van der Waals surface area contributed by atoms with Gasteiger partial charge in [0.05, 0.1) is 16.8 Å². The number of likely N-dealkylation sites (tertiary alicyclic amines) is 1. The molecule has 3 N–H and O–H groups in total. The minimum absolute atomic E-state index is 0.0534. The van der Waals surface area contributed by atoms with Crippen LogP contribution in [-0.2, 0) is 6.18 Å². The number of nitrogens with zero attached hydrogens (tertiary/aromatic N) is 1. The van der Waals surface area contributed by atoms with Crippen molar-refractivity contribution in [2.75, 3.05) is 12.0 Å². The van der Waals surface area contributed by atoms with Gasteiger partial charge in [-0.2, -0.15) is 13.2 Å². The van der Waals surface area contributed by atoms with E-state index in [9.17, 15) is 18.0 Å². The summed E-state index contributed by atoms with van der Waals surface area (Å²) in [6, 6.07) is 3.49. The number of alkyl halides is 3. The summed E-state index contributed by atoms with van der Waals surface area (Å²) in [7, 11) is 0. The van der Waals surface area contributed by atoms with Gasteiger partial charge in [-0.1, -0.05) is 6.07 Å². The van der Waals surface area contributed by atoms with Crippen molar-refractivity contribution >= 4 is 11.6 Å². The van der Waals surface area contributed by atoms with E-state index in [1.807, 2.05) is 19.3 Å². The molecule has 21 heavy (non-hydrogen) atoms. The number of amides is 1. The van der Waals surface area contributed by atoms with Gasteiger partial charge in [0.1, 0.15) is 0 Å². The molecule has 1 aromatic rings. The molecule has 0 spiro atoms. The van der Waals surface area contributed by atoms with Crippen LogP contribution in [0.5, 0.6) is 0 Å². The van der Waals surface area contributed by atoms with Gasteiger partial charge in [-0.05, 0) is 38.8 Å². The van der Waals surface area contributed by atoms with Crippen molar-refractivity contribution < 1.29 is 18.0 Å². The van der Waals surface area contributed by atoms with Gasteiger partial charge >= 0.3 is 6.18 Å². The zero-order chi connectivity index (χ0) is 15.8. The minimum atomic E-state index is -4.57. The topological polar surface area (TPSA) is 58.4 Å². The second-order valence-electron chi connectivity index (χ2n) is 5.74. The fourth-order valence-electron chi connectivity index (χ4n) is 2.75. The summed E-state index contributed by atoms with van der Waals surface area (Å²) in [5, 5.41) is 0. The highest BCUT2D eigenvalue weighted by molar-refractivity contribution is 6.00. The lowest BCUT2D eigenvalue weighted by Gasteiger charge is -2.32. The number of para-hydroxylation sites is 1. The molecule has 0 aromatic heterocycles. The molecule has 4 nitrogen and oxygen atoms in total. The predicted molar refractivity (Wildman–Crippen MR) is 73.6 cm³/mol. The van der Waals surface area contributed by atoms with Crippen LogP contribution in [-0.4, -0.2) is 22.9 Å². The Morgan fingerprint density at radius 1 is 1.38 bits per heavy atom. The van der Waals surface area contributed by atoms with Crippen LogP contribution in [0.3, 0.4) is 0 Å². The van der Waals surface area contributed by atoms with Crippen LogP contribution < -0.4 is 11.3 Å². The lowest BCUT2D eigenvalue weighted by Crippen LogP contribution is -2.43. The van der Waals surface area contributed by atoms with Crippen molar-refractivity contribution in [3.8, 4) is 0 Å². The van der Waals surface area contributed by atoms with E-state index in [4.69, 9.17) is 5.84 Å². The van der Waals surface area contributed by atoms with E-state index >= 15 is 0 Å². The van der Waals surface area contributed by atoms with E-state index < -0.39 is 17.6 Å². The Morgan fingerprint density at radius 2 is 2.05 bits per heavy atom. The Kier molecular flexibility index (Phi) is 3.88. The number of hydrogen-bond acceptors (Lipinski definition) is 3. The van der Waals surface area contributed by atoms with E-state index in [-0.39, 0.29) is 16.8 Å². The third-order valence-electron chi connectivity index (χ3n) is 3.89. The van der Waals surface area contributed by atoms with Crippen LogP contribution in [0.1, 0.15) is 42.6 Å². The number of hydrogen-bond donors (Lipinski definition) is 2. The summed E-state index contributed by atoms with van der Waals surface area (Å²) in [5.41, 5.74) is 0.303. The monoisotopic (exact) mass is 301 g/mol. The molecule has 0 radical (unpaired) electrons. The molecular formula is C14H18F3N3O. The zero-order valence-electron chi connectivity index (χ0n) is 11.9. The molecule has 0 unspecified atom stereocenters. The van der Waals surface area contributed by atoms with Gasteiger partial charge in [-0.3, -0.25) is 10.6 Å². The molecule has 1 fully saturated rings. The summed E-state index contributed by atoms with van der Waals surface area (Å²) in [6.07, 6.45) is -2.91. The lowest BCUT2D eigenvalue weighted by atomic mass is 10.00. The molecule has 1 aliphatic heterocycles. The summed E-state index contributed by atoms with van der Waals surface area (Å²) in [6.45, 7) is 4.34. The molecule has 0 atom stereocenters. The number of benzene rings is 1. The second-order valence-corrected chi connectivity index (χ2v) is 5.74. The molecule has 0 aliphatic carbocycles. The molecular weight excluding hydrogens is 283 g/mol. The molecule has 0 bridgehead atoms. The maximum absolute atomic E-state index is 13.0. The second kappa shape index (κ2) is 5.22. The van der Waals surface area contributed by atoms with Crippen molar-refractivity contribution in [3.63, 3.8) is 0 Å². The van der Waals surface area contributed by atoms with Crippen LogP contribution >= 0.6 is 0 Å². The smallest absolute Gasteiger partial charge is 0.333 e. The van der Waals surface area contributed by atoms with Gasteiger partial charge in [0, 0.05) is 12.1 Å². The Bertz CT molecular complexity index is 555.